The van der Waals surface area contributed by atoms with Crippen molar-refractivity contribution in [3.63, 3.8) is 0 Å². The summed E-state index contributed by atoms with van der Waals surface area (Å²) in [5, 5.41) is 0. The van der Waals surface area contributed by atoms with Crippen molar-refractivity contribution in [1.29, 1.82) is 0 Å². The Bertz CT molecular complexity index is 279. The van der Waals surface area contributed by atoms with Crippen LogP contribution in [0.4, 0.5) is 0 Å². The van der Waals surface area contributed by atoms with Crippen molar-refractivity contribution in [2.75, 3.05) is 66.6 Å². The van der Waals surface area contributed by atoms with Crippen molar-refractivity contribution >= 4 is 0 Å². The summed E-state index contributed by atoms with van der Waals surface area (Å²) in [5.74, 6) is 0.954. The minimum Gasteiger partial charge on any atom is -0.383 e. The van der Waals surface area contributed by atoms with Gasteiger partial charge in [0.1, 0.15) is 0 Å². The maximum Gasteiger partial charge on any atom is 0.0630 e. The molecule has 0 amide bonds. The van der Waals surface area contributed by atoms with Gasteiger partial charge in [-0.3, -0.25) is 4.90 Å². The lowest BCUT2D eigenvalue weighted by molar-refractivity contribution is 0.0225. The van der Waals surface area contributed by atoms with E-state index in [0.29, 0.717) is 6.04 Å². The van der Waals surface area contributed by atoms with Gasteiger partial charge in [-0.2, -0.15) is 0 Å². The summed E-state index contributed by atoms with van der Waals surface area (Å²) in [6.07, 6.45) is 5.43. The molecule has 0 N–H and O–H groups in total. The summed E-state index contributed by atoms with van der Waals surface area (Å²) >= 11 is 0. The molecule has 0 aromatic carbocycles. The van der Waals surface area contributed by atoms with Crippen LogP contribution < -0.4 is 0 Å². The molecule has 124 valence electrons. The Morgan fingerprint density at radius 2 is 1.81 bits per heavy atom. The predicted octanol–water partition coefficient (Wildman–Crippen LogP) is 1.76. The van der Waals surface area contributed by atoms with Crippen LogP contribution in [-0.4, -0.2) is 87.3 Å². The van der Waals surface area contributed by atoms with E-state index < -0.39 is 0 Å². The first kappa shape index (κ1) is 17.2. The van der Waals surface area contributed by atoms with Crippen LogP contribution in [0.25, 0.3) is 0 Å². The highest BCUT2D eigenvalue weighted by atomic mass is 16.5. The number of methoxy groups -OCH3 is 1. The van der Waals surface area contributed by atoms with Gasteiger partial charge in [-0.05, 0) is 64.8 Å². The van der Waals surface area contributed by atoms with Gasteiger partial charge in [0.25, 0.3) is 0 Å². The lowest BCUT2D eigenvalue weighted by atomic mass is 9.93. The lowest BCUT2D eigenvalue weighted by Gasteiger charge is -2.41. The fraction of sp³-hybridized carbons (Fsp3) is 1.00. The largest absolute Gasteiger partial charge is 0.383 e. The first-order valence-corrected chi connectivity index (χ1v) is 8.86. The molecule has 4 nitrogen and oxygen atoms in total. The Morgan fingerprint density at radius 3 is 2.48 bits per heavy atom. The summed E-state index contributed by atoms with van der Waals surface area (Å²) < 4.78 is 5.44. The maximum atomic E-state index is 5.44. The van der Waals surface area contributed by atoms with E-state index in [2.05, 4.69) is 28.7 Å². The Kier molecular flexibility index (Phi) is 7.44. The van der Waals surface area contributed by atoms with Crippen LogP contribution in [0.5, 0.6) is 0 Å². The number of piperidine rings is 1. The first-order valence-electron chi connectivity index (χ1n) is 8.86. The first-order chi connectivity index (χ1) is 10.2. The molecule has 0 spiro atoms. The molecule has 0 radical (unpaired) electrons. The van der Waals surface area contributed by atoms with Crippen LogP contribution in [0, 0.1) is 5.92 Å². The van der Waals surface area contributed by atoms with Crippen molar-refractivity contribution in [1.82, 2.24) is 14.7 Å². The smallest absolute Gasteiger partial charge is 0.0630 e. The zero-order valence-corrected chi connectivity index (χ0v) is 14.4. The molecule has 0 bridgehead atoms. The molecule has 0 aliphatic carbocycles. The molecule has 2 heterocycles. The standard InChI is InChI=1S/C17H35N3O/c1-4-8-20-13-12-19(14-17(20)15-21-3)11-7-16-5-9-18(2)10-6-16/h16-17H,4-15H2,1-3H3. The number of ether oxygens (including phenoxy) is 1. The fourth-order valence-electron chi connectivity index (χ4n) is 3.81. The second-order valence-corrected chi connectivity index (χ2v) is 6.98. The average molecular weight is 297 g/mol. The highest BCUT2D eigenvalue weighted by molar-refractivity contribution is 4.82. The third-order valence-electron chi connectivity index (χ3n) is 5.25. The topological polar surface area (TPSA) is 19.0 Å². The molecule has 2 fully saturated rings. The van der Waals surface area contributed by atoms with Crippen LogP contribution >= 0.6 is 0 Å². The van der Waals surface area contributed by atoms with E-state index in [1.165, 1.54) is 71.5 Å². The highest BCUT2D eigenvalue weighted by Gasteiger charge is 2.26. The molecule has 4 heteroatoms. The van der Waals surface area contributed by atoms with Gasteiger partial charge in [-0.1, -0.05) is 6.92 Å². The van der Waals surface area contributed by atoms with Crippen molar-refractivity contribution in [2.45, 2.75) is 38.6 Å². The number of piperazine rings is 1. The van der Waals surface area contributed by atoms with Gasteiger partial charge in [-0.25, -0.2) is 0 Å². The van der Waals surface area contributed by atoms with E-state index >= 15 is 0 Å². The summed E-state index contributed by atoms with van der Waals surface area (Å²) in [4.78, 5) is 7.76. The van der Waals surface area contributed by atoms with Crippen molar-refractivity contribution in [3.8, 4) is 0 Å². The highest BCUT2D eigenvalue weighted by Crippen LogP contribution is 2.21. The molecule has 2 rings (SSSR count). The van der Waals surface area contributed by atoms with Gasteiger partial charge < -0.3 is 14.5 Å². The quantitative estimate of drug-likeness (QED) is 0.713. The summed E-state index contributed by atoms with van der Waals surface area (Å²) in [5.41, 5.74) is 0. The summed E-state index contributed by atoms with van der Waals surface area (Å²) in [6.45, 7) is 11.9. The predicted molar refractivity (Wildman–Crippen MR) is 88.8 cm³/mol. The number of hydrogen-bond donors (Lipinski definition) is 0. The van der Waals surface area contributed by atoms with E-state index in [9.17, 15) is 0 Å². The number of hydrogen-bond acceptors (Lipinski definition) is 4. The lowest BCUT2D eigenvalue weighted by Crippen LogP contribution is -2.55. The molecule has 1 atom stereocenters. The van der Waals surface area contributed by atoms with E-state index in [0.717, 1.165) is 12.5 Å². The molecule has 2 aliphatic rings. The monoisotopic (exact) mass is 297 g/mol. The molecule has 0 aromatic heterocycles. The number of rotatable bonds is 7. The average Bonchev–Trinajstić information content (AvgIpc) is 2.49. The molecule has 2 aliphatic heterocycles. The maximum absolute atomic E-state index is 5.44. The second-order valence-electron chi connectivity index (χ2n) is 6.98. The molecule has 0 saturated carbocycles. The zero-order chi connectivity index (χ0) is 15.1. The number of nitrogens with zero attached hydrogens (tertiary/aromatic N) is 3. The van der Waals surface area contributed by atoms with Crippen LogP contribution in [0.1, 0.15) is 32.6 Å². The third kappa shape index (κ3) is 5.51. The normalized spacial score (nSPS) is 27.3. The molecular weight excluding hydrogens is 262 g/mol. The van der Waals surface area contributed by atoms with Crippen LogP contribution in [-0.2, 0) is 4.74 Å². The van der Waals surface area contributed by atoms with Crippen molar-refractivity contribution in [3.05, 3.63) is 0 Å². The molecule has 0 aromatic rings. The summed E-state index contributed by atoms with van der Waals surface area (Å²) in [7, 11) is 4.08. The Hall–Kier alpha value is -0.160. The van der Waals surface area contributed by atoms with Gasteiger partial charge in [0.15, 0.2) is 0 Å². The van der Waals surface area contributed by atoms with E-state index in [1.54, 1.807) is 0 Å². The van der Waals surface area contributed by atoms with Gasteiger partial charge in [0, 0.05) is 32.8 Å². The van der Waals surface area contributed by atoms with Crippen LogP contribution in [0.3, 0.4) is 0 Å². The van der Waals surface area contributed by atoms with Gasteiger partial charge in [0.2, 0.25) is 0 Å². The van der Waals surface area contributed by atoms with Crippen LogP contribution in [0.2, 0.25) is 0 Å². The van der Waals surface area contributed by atoms with Gasteiger partial charge in [0.05, 0.1) is 6.61 Å². The minimum absolute atomic E-state index is 0.598. The Balaban J connectivity index is 1.71. The SMILES string of the molecule is CCCN1CCN(CCC2CCN(C)CC2)CC1COC. The number of likely N-dealkylation sites (tertiary alicyclic amines) is 1. The minimum atomic E-state index is 0.598. The van der Waals surface area contributed by atoms with Crippen molar-refractivity contribution < 1.29 is 4.74 Å². The fourth-order valence-corrected chi connectivity index (χ4v) is 3.81. The van der Waals surface area contributed by atoms with E-state index in [4.69, 9.17) is 4.74 Å². The van der Waals surface area contributed by atoms with Gasteiger partial charge >= 0.3 is 0 Å². The van der Waals surface area contributed by atoms with E-state index in [-0.39, 0.29) is 0 Å². The second kappa shape index (κ2) is 9.09. The molecule has 21 heavy (non-hydrogen) atoms. The Morgan fingerprint density at radius 1 is 1.05 bits per heavy atom. The van der Waals surface area contributed by atoms with E-state index in [1.807, 2.05) is 7.11 Å². The summed E-state index contributed by atoms with van der Waals surface area (Å²) in [6, 6.07) is 0.598. The molecule has 1 unspecified atom stereocenters. The van der Waals surface area contributed by atoms with Crippen LogP contribution in [0.15, 0.2) is 0 Å². The zero-order valence-electron chi connectivity index (χ0n) is 14.4. The third-order valence-corrected chi connectivity index (χ3v) is 5.25. The van der Waals surface area contributed by atoms with Gasteiger partial charge in [-0.15, -0.1) is 0 Å². The van der Waals surface area contributed by atoms with Crippen molar-refractivity contribution in [2.24, 2.45) is 5.92 Å². The Labute approximate surface area is 131 Å². The molecule has 2 saturated heterocycles. The molecular formula is C17H35N3O.